The largest absolute Gasteiger partial charge is 0.478 e. The third-order valence-corrected chi connectivity index (χ3v) is 2.92. The number of rotatable bonds is 5. The fourth-order valence-corrected chi connectivity index (χ4v) is 1.98. The standard InChI is InChI=1S/C15H14F2N2O2/c1-9(6-10-2-4-11(16)5-3-10)19-14-13(15(20)21)7-12(17)8-18-14/h2-5,7-9H,6H2,1H3,(H,18,19)(H,20,21). The summed E-state index contributed by atoms with van der Waals surface area (Å²) in [5.41, 5.74) is 0.677. The number of carboxylic acids is 1. The van der Waals surface area contributed by atoms with Gasteiger partial charge in [0.2, 0.25) is 0 Å². The lowest BCUT2D eigenvalue weighted by molar-refractivity contribution is 0.0697. The Bertz CT molecular complexity index is 645. The molecule has 1 unspecified atom stereocenters. The van der Waals surface area contributed by atoms with E-state index in [2.05, 4.69) is 10.3 Å². The minimum absolute atomic E-state index is 0.110. The van der Waals surface area contributed by atoms with Crippen molar-refractivity contribution in [2.24, 2.45) is 0 Å². The molecule has 0 fully saturated rings. The van der Waals surface area contributed by atoms with Crippen molar-refractivity contribution in [2.75, 3.05) is 5.32 Å². The zero-order valence-corrected chi connectivity index (χ0v) is 11.3. The number of benzene rings is 1. The summed E-state index contributed by atoms with van der Waals surface area (Å²) in [7, 11) is 0. The molecule has 0 aliphatic carbocycles. The highest BCUT2D eigenvalue weighted by molar-refractivity contribution is 5.93. The third kappa shape index (κ3) is 3.98. The summed E-state index contributed by atoms with van der Waals surface area (Å²) in [5, 5.41) is 12.0. The number of nitrogens with zero attached hydrogens (tertiary/aromatic N) is 1. The quantitative estimate of drug-likeness (QED) is 0.889. The molecule has 1 atom stereocenters. The summed E-state index contributed by atoms with van der Waals surface area (Å²) in [6, 6.07) is 6.81. The summed E-state index contributed by atoms with van der Waals surface area (Å²) in [6.07, 6.45) is 1.51. The number of halogens is 2. The molecule has 4 nitrogen and oxygen atoms in total. The molecule has 0 amide bonds. The molecular formula is C15H14F2N2O2. The van der Waals surface area contributed by atoms with Crippen LogP contribution in [0.4, 0.5) is 14.6 Å². The van der Waals surface area contributed by atoms with Crippen LogP contribution in [0.25, 0.3) is 0 Å². The van der Waals surface area contributed by atoms with Crippen molar-refractivity contribution in [3.05, 3.63) is 59.3 Å². The maximum absolute atomic E-state index is 13.0. The molecule has 0 radical (unpaired) electrons. The molecule has 0 aliphatic heterocycles. The van der Waals surface area contributed by atoms with Gasteiger partial charge in [-0.3, -0.25) is 0 Å². The summed E-state index contributed by atoms with van der Waals surface area (Å²) < 4.78 is 25.9. The predicted octanol–water partition coefficient (Wildman–Crippen LogP) is 3.10. The van der Waals surface area contributed by atoms with Crippen LogP contribution >= 0.6 is 0 Å². The van der Waals surface area contributed by atoms with Crippen molar-refractivity contribution < 1.29 is 18.7 Å². The van der Waals surface area contributed by atoms with Crippen LogP contribution in [0.15, 0.2) is 36.5 Å². The van der Waals surface area contributed by atoms with Gasteiger partial charge in [0, 0.05) is 6.04 Å². The molecule has 1 heterocycles. The second-order valence-electron chi connectivity index (χ2n) is 4.73. The molecule has 110 valence electrons. The number of hydrogen-bond acceptors (Lipinski definition) is 3. The van der Waals surface area contributed by atoms with Crippen LogP contribution < -0.4 is 5.32 Å². The van der Waals surface area contributed by atoms with Crippen LogP contribution in [-0.4, -0.2) is 22.1 Å². The Morgan fingerprint density at radius 2 is 1.95 bits per heavy atom. The van der Waals surface area contributed by atoms with Crippen LogP contribution in [0.3, 0.4) is 0 Å². The van der Waals surface area contributed by atoms with Crippen molar-refractivity contribution in [1.29, 1.82) is 0 Å². The molecule has 2 rings (SSSR count). The van der Waals surface area contributed by atoms with Crippen molar-refractivity contribution in [2.45, 2.75) is 19.4 Å². The number of nitrogens with one attached hydrogen (secondary N) is 1. The lowest BCUT2D eigenvalue weighted by Crippen LogP contribution is -2.21. The second kappa shape index (κ2) is 6.30. The SMILES string of the molecule is CC(Cc1ccc(F)cc1)Nc1ncc(F)cc1C(=O)O. The summed E-state index contributed by atoms with van der Waals surface area (Å²) in [4.78, 5) is 14.8. The van der Waals surface area contributed by atoms with Gasteiger partial charge in [-0.2, -0.15) is 0 Å². The summed E-state index contributed by atoms with van der Waals surface area (Å²) in [5.74, 6) is -2.16. The van der Waals surface area contributed by atoms with Crippen LogP contribution in [0, 0.1) is 11.6 Å². The first-order valence-corrected chi connectivity index (χ1v) is 6.35. The number of pyridine rings is 1. The van der Waals surface area contributed by atoms with E-state index in [9.17, 15) is 13.6 Å². The molecular weight excluding hydrogens is 278 g/mol. The Kier molecular flexibility index (Phi) is 4.47. The monoisotopic (exact) mass is 292 g/mol. The fourth-order valence-electron chi connectivity index (χ4n) is 1.98. The van der Waals surface area contributed by atoms with Crippen LogP contribution in [0.1, 0.15) is 22.8 Å². The molecule has 0 saturated heterocycles. The number of aromatic carboxylic acids is 1. The Labute approximate surface area is 120 Å². The van der Waals surface area contributed by atoms with Crippen molar-refractivity contribution in [3.8, 4) is 0 Å². The van der Waals surface area contributed by atoms with Gasteiger partial charge >= 0.3 is 5.97 Å². The van der Waals surface area contributed by atoms with Crippen molar-refractivity contribution >= 4 is 11.8 Å². The van der Waals surface area contributed by atoms with E-state index in [4.69, 9.17) is 5.11 Å². The van der Waals surface area contributed by atoms with Gasteiger partial charge in [0.05, 0.1) is 6.20 Å². The van der Waals surface area contributed by atoms with Gasteiger partial charge in [-0.1, -0.05) is 12.1 Å². The minimum Gasteiger partial charge on any atom is -0.478 e. The second-order valence-corrected chi connectivity index (χ2v) is 4.73. The predicted molar refractivity (Wildman–Crippen MR) is 74.3 cm³/mol. The third-order valence-electron chi connectivity index (χ3n) is 2.92. The van der Waals surface area contributed by atoms with Crippen LogP contribution in [-0.2, 0) is 6.42 Å². The summed E-state index contributed by atoms with van der Waals surface area (Å²) >= 11 is 0. The molecule has 0 saturated carbocycles. The highest BCUT2D eigenvalue weighted by Gasteiger charge is 2.15. The Morgan fingerprint density at radius 1 is 1.29 bits per heavy atom. The lowest BCUT2D eigenvalue weighted by atomic mass is 10.1. The van der Waals surface area contributed by atoms with Gasteiger partial charge in [0.25, 0.3) is 0 Å². The fraction of sp³-hybridized carbons (Fsp3) is 0.200. The van der Waals surface area contributed by atoms with Crippen LogP contribution in [0.5, 0.6) is 0 Å². The number of anilines is 1. The van der Waals surface area contributed by atoms with E-state index in [1.807, 2.05) is 6.92 Å². The molecule has 6 heteroatoms. The smallest absolute Gasteiger partial charge is 0.339 e. The van der Waals surface area contributed by atoms with Gasteiger partial charge in [-0.15, -0.1) is 0 Å². The van der Waals surface area contributed by atoms with Gasteiger partial charge in [0.1, 0.15) is 23.0 Å². The number of carbonyl (C=O) groups is 1. The molecule has 1 aromatic carbocycles. The van der Waals surface area contributed by atoms with Gasteiger partial charge in [0.15, 0.2) is 0 Å². The summed E-state index contributed by atoms with van der Waals surface area (Å²) in [6.45, 7) is 1.83. The van der Waals surface area contributed by atoms with Gasteiger partial charge in [-0.25, -0.2) is 18.6 Å². The van der Waals surface area contributed by atoms with Gasteiger partial charge in [-0.05, 0) is 37.1 Å². The average Bonchev–Trinajstić information content (AvgIpc) is 2.43. The zero-order valence-electron chi connectivity index (χ0n) is 11.3. The molecule has 1 aromatic heterocycles. The van der Waals surface area contributed by atoms with Crippen molar-refractivity contribution in [3.63, 3.8) is 0 Å². The first kappa shape index (κ1) is 14.9. The van der Waals surface area contributed by atoms with E-state index < -0.39 is 11.8 Å². The molecule has 0 bridgehead atoms. The normalized spacial score (nSPS) is 12.0. The molecule has 0 spiro atoms. The van der Waals surface area contributed by atoms with E-state index in [1.54, 1.807) is 12.1 Å². The first-order valence-electron chi connectivity index (χ1n) is 6.35. The Morgan fingerprint density at radius 3 is 2.57 bits per heavy atom. The lowest BCUT2D eigenvalue weighted by Gasteiger charge is -2.16. The molecule has 2 aromatic rings. The van der Waals surface area contributed by atoms with E-state index in [0.717, 1.165) is 17.8 Å². The molecule has 2 N–H and O–H groups in total. The highest BCUT2D eigenvalue weighted by atomic mass is 19.1. The van der Waals surface area contributed by atoms with Crippen LogP contribution in [0.2, 0.25) is 0 Å². The Hall–Kier alpha value is -2.50. The van der Waals surface area contributed by atoms with E-state index >= 15 is 0 Å². The maximum atomic E-state index is 13.0. The minimum atomic E-state index is -1.25. The Balaban J connectivity index is 2.10. The maximum Gasteiger partial charge on any atom is 0.339 e. The average molecular weight is 292 g/mol. The first-order chi connectivity index (χ1) is 9.95. The number of hydrogen-bond donors (Lipinski definition) is 2. The highest BCUT2D eigenvalue weighted by Crippen LogP contribution is 2.16. The topological polar surface area (TPSA) is 62.2 Å². The number of carboxylic acid groups (broad SMARTS) is 1. The number of aromatic nitrogens is 1. The molecule has 21 heavy (non-hydrogen) atoms. The van der Waals surface area contributed by atoms with Gasteiger partial charge < -0.3 is 10.4 Å². The van der Waals surface area contributed by atoms with Crippen molar-refractivity contribution in [1.82, 2.24) is 4.98 Å². The zero-order chi connectivity index (χ0) is 15.4. The van der Waals surface area contributed by atoms with E-state index in [1.165, 1.54) is 12.1 Å². The molecule has 0 aliphatic rings. The van der Waals surface area contributed by atoms with E-state index in [0.29, 0.717) is 6.42 Å². The van der Waals surface area contributed by atoms with E-state index in [-0.39, 0.29) is 23.2 Å².